The second-order valence-electron chi connectivity index (χ2n) is 4.35. The van der Waals surface area contributed by atoms with E-state index in [-0.39, 0.29) is 5.78 Å². The Labute approximate surface area is 125 Å². The van der Waals surface area contributed by atoms with Gasteiger partial charge in [-0.1, -0.05) is 6.07 Å². The fourth-order valence-corrected chi connectivity index (χ4v) is 2.46. The number of ketones is 1. The molecule has 0 aliphatic heterocycles. The second kappa shape index (κ2) is 6.67. The molecule has 0 saturated carbocycles. The molecule has 0 bridgehead atoms. The zero-order chi connectivity index (χ0) is 14.5. The van der Waals surface area contributed by atoms with Gasteiger partial charge >= 0.3 is 0 Å². The molecule has 0 spiro atoms. The Bertz CT molecular complexity index is 610. The lowest BCUT2D eigenvalue weighted by atomic mass is 10.1. The van der Waals surface area contributed by atoms with Crippen LogP contribution in [0.15, 0.2) is 35.2 Å². The van der Waals surface area contributed by atoms with E-state index in [9.17, 15) is 4.79 Å². The molecule has 0 atom stereocenters. The molecule has 0 aliphatic rings. The number of rotatable bonds is 6. The summed E-state index contributed by atoms with van der Waals surface area (Å²) in [6.07, 6.45) is 3.67. The molecular formula is C14H16BrN3O2. The van der Waals surface area contributed by atoms with Gasteiger partial charge in [0, 0.05) is 25.7 Å². The van der Waals surface area contributed by atoms with Crippen LogP contribution in [-0.4, -0.2) is 29.0 Å². The van der Waals surface area contributed by atoms with Gasteiger partial charge in [0.2, 0.25) is 0 Å². The van der Waals surface area contributed by atoms with Crippen molar-refractivity contribution in [2.45, 2.75) is 13.0 Å². The van der Waals surface area contributed by atoms with E-state index in [4.69, 9.17) is 10.5 Å². The molecule has 1 aromatic heterocycles. The molecule has 0 amide bonds. The number of methoxy groups -OCH3 is 1. The maximum atomic E-state index is 12.1. The number of hydrogen-bond acceptors (Lipinski definition) is 4. The summed E-state index contributed by atoms with van der Waals surface area (Å²) in [4.78, 5) is 16.3. The van der Waals surface area contributed by atoms with Gasteiger partial charge < -0.3 is 15.0 Å². The molecule has 20 heavy (non-hydrogen) atoms. The van der Waals surface area contributed by atoms with Crippen LogP contribution in [0, 0.1) is 0 Å². The van der Waals surface area contributed by atoms with Crippen LogP contribution in [0.5, 0.6) is 5.75 Å². The lowest BCUT2D eigenvalue weighted by Gasteiger charge is -2.05. The van der Waals surface area contributed by atoms with E-state index in [0.29, 0.717) is 25.2 Å². The minimum atomic E-state index is -0.0159. The highest BCUT2D eigenvalue weighted by Gasteiger charge is 2.11. The molecule has 6 heteroatoms. The highest BCUT2D eigenvalue weighted by atomic mass is 79.9. The van der Waals surface area contributed by atoms with Gasteiger partial charge in [0.25, 0.3) is 0 Å². The number of carbonyl (C=O) groups excluding carboxylic acids is 1. The van der Waals surface area contributed by atoms with Gasteiger partial charge in [0.05, 0.1) is 17.9 Å². The Morgan fingerprint density at radius 3 is 2.95 bits per heavy atom. The SMILES string of the molecule is COc1ccc(CC(=O)c2cn(CCN)cn2)cc1Br. The van der Waals surface area contributed by atoms with Crippen molar-refractivity contribution in [1.29, 1.82) is 0 Å². The minimum Gasteiger partial charge on any atom is -0.496 e. The Hall–Kier alpha value is -1.66. The fraction of sp³-hybridized carbons (Fsp3) is 0.286. The van der Waals surface area contributed by atoms with Crippen LogP contribution in [0.4, 0.5) is 0 Å². The van der Waals surface area contributed by atoms with Crippen molar-refractivity contribution in [3.63, 3.8) is 0 Å². The van der Waals surface area contributed by atoms with Crippen LogP contribution in [-0.2, 0) is 13.0 Å². The molecule has 106 valence electrons. The van der Waals surface area contributed by atoms with Gasteiger partial charge in [0.1, 0.15) is 11.4 Å². The molecule has 0 fully saturated rings. The third-order valence-electron chi connectivity index (χ3n) is 2.89. The number of nitrogens with two attached hydrogens (primary N) is 1. The molecular weight excluding hydrogens is 322 g/mol. The molecule has 5 nitrogen and oxygen atoms in total. The van der Waals surface area contributed by atoms with Crippen LogP contribution >= 0.6 is 15.9 Å². The van der Waals surface area contributed by atoms with Crippen molar-refractivity contribution < 1.29 is 9.53 Å². The number of imidazole rings is 1. The van der Waals surface area contributed by atoms with E-state index < -0.39 is 0 Å². The summed E-state index contributed by atoms with van der Waals surface area (Å²) in [7, 11) is 1.61. The van der Waals surface area contributed by atoms with Crippen LogP contribution < -0.4 is 10.5 Å². The Morgan fingerprint density at radius 1 is 1.50 bits per heavy atom. The minimum absolute atomic E-state index is 0.0159. The maximum absolute atomic E-state index is 12.1. The van der Waals surface area contributed by atoms with Crippen molar-refractivity contribution in [2.75, 3.05) is 13.7 Å². The molecule has 2 aromatic rings. The van der Waals surface area contributed by atoms with Gasteiger partial charge in [-0.25, -0.2) is 4.98 Å². The van der Waals surface area contributed by atoms with Crippen LogP contribution in [0.1, 0.15) is 16.1 Å². The number of nitrogens with zero attached hydrogens (tertiary/aromatic N) is 2. The summed E-state index contributed by atoms with van der Waals surface area (Å²) < 4.78 is 7.81. The van der Waals surface area contributed by atoms with E-state index in [1.54, 1.807) is 19.6 Å². The third-order valence-corrected chi connectivity index (χ3v) is 3.51. The van der Waals surface area contributed by atoms with Crippen molar-refractivity contribution in [1.82, 2.24) is 9.55 Å². The summed E-state index contributed by atoms with van der Waals surface area (Å²) in [6, 6.07) is 5.59. The average molecular weight is 338 g/mol. The number of Topliss-reactive ketones (excluding diaryl/α,β-unsaturated/α-hetero) is 1. The number of hydrogen-bond donors (Lipinski definition) is 1. The Kier molecular flexibility index (Phi) is 4.92. The molecule has 0 aliphatic carbocycles. The van der Waals surface area contributed by atoms with Crippen LogP contribution in [0.25, 0.3) is 0 Å². The van der Waals surface area contributed by atoms with Gasteiger partial charge in [0.15, 0.2) is 5.78 Å². The molecule has 2 rings (SSSR count). The molecule has 0 saturated heterocycles. The first-order chi connectivity index (χ1) is 9.63. The summed E-state index contributed by atoms with van der Waals surface area (Å²) in [5, 5.41) is 0. The van der Waals surface area contributed by atoms with E-state index in [0.717, 1.165) is 15.8 Å². The van der Waals surface area contributed by atoms with Gasteiger partial charge in [-0.2, -0.15) is 0 Å². The fourth-order valence-electron chi connectivity index (χ4n) is 1.87. The summed E-state index contributed by atoms with van der Waals surface area (Å²) >= 11 is 3.41. The zero-order valence-electron chi connectivity index (χ0n) is 11.2. The number of benzene rings is 1. The first-order valence-corrected chi connectivity index (χ1v) is 7.00. The van der Waals surface area contributed by atoms with Gasteiger partial charge in [-0.15, -0.1) is 0 Å². The van der Waals surface area contributed by atoms with Crippen LogP contribution in [0.3, 0.4) is 0 Å². The lowest BCUT2D eigenvalue weighted by Crippen LogP contribution is -2.08. The van der Waals surface area contributed by atoms with Crippen LogP contribution in [0.2, 0.25) is 0 Å². The predicted octanol–water partition coefficient (Wildman–Crippen LogP) is 2.04. The first kappa shape index (κ1) is 14.7. The van der Waals surface area contributed by atoms with E-state index in [1.165, 1.54) is 0 Å². The Morgan fingerprint density at radius 2 is 2.30 bits per heavy atom. The smallest absolute Gasteiger partial charge is 0.187 e. The second-order valence-corrected chi connectivity index (χ2v) is 5.21. The monoisotopic (exact) mass is 337 g/mol. The molecule has 0 unspecified atom stereocenters. The van der Waals surface area contributed by atoms with Crippen molar-refractivity contribution in [3.8, 4) is 5.75 Å². The zero-order valence-corrected chi connectivity index (χ0v) is 12.8. The summed E-state index contributed by atoms with van der Waals surface area (Å²) in [5.74, 6) is 0.728. The standard InChI is InChI=1S/C14H16BrN3O2/c1-20-14-3-2-10(6-11(14)15)7-13(19)12-8-18(5-4-16)9-17-12/h2-3,6,8-9H,4-5,7,16H2,1H3. The normalized spacial score (nSPS) is 10.6. The van der Waals surface area contributed by atoms with Gasteiger partial charge in [-0.05, 0) is 33.6 Å². The van der Waals surface area contributed by atoms with Gasteiger partial charge in [-0.3, -0.25) is 4.79 Å². The molecule has 2 N–H and O–H groups in total. The average Bonchev–Trinajstić information content (AvgIpc) is 2.88. The molecule has 1 heterocycles. The summed E-state index contributed by atoms with van der Waals surface area (Å²) in [6.45, 7) is 1.18. The molecule has 1 aromatic carbocycles. The first-order valence-electron chi connectivity index (χ1n) is 6.21. The topological polar surface area (TPSA) is 70.1 Å². The number of carbonyl (C=O) groups is 1. The number of ether oxygens (including phenoxy) is 1. The predicted molar refractivity (Wildman–Crippen MR) is 80.0 cm³/mol. The third kappa shape index (κ3) is 3.46. The highest BCUT2D eigenvalue weighted by Crippen LogP contribution is 2.25. The summed E-state index contributed by atoms with van der Waals surface area (Å²) in [5.41, 5.74) is 6.84. The van der Waals surface area contributed by atoms with E-state index in [1.807, 2.05) is 22.8 Å². The van der Waals surface area contributed by atoms with Crippen molar-refractivity contribution in [3.05, 3.63) is 46.5 Å². The largest absolute Gasteiger partial charge is 0.496 e. The molecule has 0 radical (unpaired) electrons. The number of halogens is 1. The lowest BCUT2D eigenvalue weighted by molar-refractivity contribution is 0.0988. The van der Waals surface area contributed by atoms with E-state index >= 15 is 0 Å². The highest BCUT2D eigenvalue weighted by molar-refractivity contribution is 9.10. The van der Waals surface area contributed by atoms with Crippen molar-refractivity contribution in [2.24, 2.45) is 5.73 Å². The quantitative estimate of drug-likeness (QED) is 0.819. The maximum Gasteiger partial charge on any atom is 0.187 e. The van der Waals surface area contributed by atoms with E-state index in [2.05, 4.69) is 20.9 Å². The number of aromatic nitrogens is 2. The Balaban J connectivity index is 2.08. The van der Waals surface area contributed by atoms with Crippen molar-refractivity contribution >= 4 is 21.7 Å².